The van der Waals surface area contributed by atoms with E-state index in [2.05, 4.69) is 35.0 Å². The quantitative estimate of drug-likeness (QED) is 0.509. The molecule has 0 radical (unpaired) electrons. The Morgan fingerprint density at radius 1 is 1.02 bits per heavy atom. The van der Waals surface area contributed by atoms with Crippen molar-refractivity contribution in [2.24, 2.45) is 5.41 Å². The maximum atomic E-state index is 14.0. The largest absolute Gasteiger partial charge is 0.333 e. The summed E-state index contributed by atoms with van der Waals surface area (Å²) >= 11 is 6.17. The van der Waals surface area contributed by atoms with Crippen LogP contribution in [0.2, 0.25) is 5.02 Å². The van der Waals surface area contributed by atoms with E-state index in [1.807, 2.05) is 36.4 Å². The molecular formula is C34H37ClN4O4. The molecule has 1 aliphatic carbocycles. The number of amides is 4. The molecule has 2 aromatic rings. The van der Waals surface area contributed by atoms with Crippen molar-refractivity contribution in [3.63, 3.8) is 0 Å². The van der Waals surface area contributed by atoms with E-state index in [1.165, 1.54) is 0 Å². The van der Waals surface area contributed by atoms with Crippen LogP contribution in [-0.4, -0.2) is 69.5 Å². The number of piperidine rings is 1. The molecule has 2 aromatic carbocycles. The number of carbonyl (C=O) groups excluding carboxylic acids is 4. The molecule has 1 N–H and O–H groups in total. The summed E-state index contributed by atoms with van der Waals surface area (Å²) in [5, 5.41) is 3.06. The maximum Gasteiger partial charge on any atom is 0.255 e. The molecule has 3 fully saturated rings. The van der Waals surface area contributed by atoms with Crippen LogP contribution in [0.5, 0.6) is 0 Å². The summed E-state index contributed by atoms with van der Waals surface area (Å²) < 4.78 is 0. The number of likely N-dealkylation sites (tertiary alicyclic amines) is 2. The van der Waals surface area contributed by atoms with Gasteiger partial charge in [-0.25, -0.2) is 0 Å². The van der Waals surface area contributed by atoms with Crippen LogP contribution in [0.1, 0.15) is 79.4 Å². The molecule has 0 spiro atoms. The van der Waals surface area contributed by atoms with Gasteiger partial charge in [0.1, 0.15) is 6.04 Å². The number of halogens is 1. The zero-order valence-electron chi connectivity index (χ0n) is 24.7. The Morgan fingerprint density at radius 3 is 2.53 bits per heavy atom. The van der Waals surface area contributed by atoms with Crippen LogP contribution in [0.4, 0.5) is 0 Å². The summed E-state index contributed by atoms with van der Waals surface area (Å²) in [6, 6.07) is 13.8. The number of hydrogen-bond acceptors (Lipinski definition) is 5. The lowest BCUT2D eigenvalue weighted by Crippen LogP contribution is -2.52. The molecule has 43 heavy (non-hydrogen) atoms. The van der Waals surface area contributed by atoms with Crippen LogP contribution in [0, 0.1) is 5.41 Å². The van der Waals surface area contributed by atoms with Gasteiger partial charge in [0.15, 0.2) is 0 Å². The van der Waals surface area contributed by atoms with Crippen LogP contribution in [0.3, 0.4) is 0 Å². The van der Waals surface area contributed by atoms with Crippen LogP contribution in [0.25, 0.3) is 5.57 Å². The highest BCUT2D eigenvalue weighted by molar-refractivity contribution is 6.30. The normalized spacial score (nSPS) is 26.8. The Bertz CT molecular complexity index is 1560. The number of benzene rings is 2. The first-order chi connectivity index (χ1) is 20.6. The van der Waals surface area contributed by atoms with Gasteiger partial charge in [-0.15, -0.1) is 0 Å². The van der Waals surface area contributed by atoms with Crippen LogP contribution >= 0.6 is 11.6 Å². The minimum absolute atomic E-state index is 0.149. The minimum atomic E-state index is -0.607. The number of nitrogens with one attached hydrogen (secondary N) is 1. The molecule has 4 heterocycles. The molecule has 4 amide bonds. The second-order valence-corrected chi connectivity index (χ2v) is 14.1. The first-order valence-corrected chi connectivity index (χ1v) is 15.7. The molecule has 8 nitrogen and oxygen atoms in total. The van der Waals surface area contributed by atoms with Crippen molar-refractivity contribution in [1.29, 1.82) is 0 Å². The first kappa shape index (κ1) is 28.3. The monoisotopic (exact) mass is 600 g/mol. The van der Waals surface area contributed by atoms with Crippen molar-refractivity contribution >= 4 is 40.8 Å². The van der Waals surface area contributed by atoms with Crippen molar-refractivity contribution in [1.82, 2.24) is 20.0 Å². The van der Waals surface area contributed by atoms with Crippen molar-refractivity contribution in [3.8, 4) is 0 Å². The predicted octanol–water partition coefficient (Wildman–Crippen LogP) is 4.55. The number of carbonyl (C=O) groups is 4. The summed E-state index contributed by atoms with van der Waals surface area (Å²) in [7, 11) is 0. The number of hydrogen-bond donors (Lipinski definition) is 1. The topological polar surface area (TPSA) is 90.0 Å². The van der Waals surface area contributed by atoms with Gasteiger partial charge in [-0.2, -0.15) is 0 Å². The Hall–Kier alpha value is -3.49. The standard InChI is InChI=1S/C34H37ClN4O4/c1-34(2)12-11-27(28(15-34)21-4-6-23(35)7-5-21)33(43)38-19-24-14-25(38)18-37(24)16-20-3-8-26-22(13-20)17-39(32(26)42)29-9-10-30(40)36-31(29)41/h3-8,13,24-25,29H,9-12,14-19H2,1-2H3,(H,36,40,41)/t24-,25-,29?/m1/s1. The van der Waals surface area contributed by atoms with Gasteiger partial charge in [0.2, 0.25) is 17.7 Å². The average Bonchev–Trinajstić information content (AvgIpc) is 3.65. The zero-order chi connectivity index (χ0) is 30.0. The molecule has 3 saturated heterocycles. The lowest BCUT2D eigenvalue weighted by Gasteiger charge is -2.38. The third-order valence-corrected chi connectivity index (χ3v) is 10.4. The SMILES string of the molecule is CC1(C)CCC(C(=O)N2C[C@H]3C[C@@H]2CN3Cc2ccc3c(c2)CN(C2CCC(=O)NC2=O)C3=O)=C(c2ccc(Cl)cc2)C1. The van der Waals surface area contributed by atoms with Gasteiger partial charge in [-0.05, 0) is 78.0 Å². The summed E-state index contributed by atoms with van der Waals surface area (Å²) in [5.74, 6) is -0.631. The van der Waals surface area contributed by atoms with E-state index >= 15 is 0 Å². The summed E-state index contributed by atoms with van der Waals surface area (Å²) in [4.78, 5) is 57.2. The van der Waals surface area contributed by atoms with Gasteiger partial charge in [0.05, 0.1) is 0 Å². The fraction of sp³-hybridized carbons (Fsp3) is 0.471. The van der Waals surface area contributed by atoms with Crippen molar-refractivity contribution in [2.75, 3.05) is 13.1 Å². The second kappa shape index (κ2) is 10.6. The highest BCUT2D eigenvalue weighted by Gasteiger charge is 2.47. The van der Waals surface area contributed by atoms with Crippen LogP contribution in [-0.2, 0) is 27.5 Å². The molecule has 0 saturated carbocycles. The van der Waals surface area contributed by atoms with Crippen LogP contribution < -0.4 is 5.32 Å². The van der Waals surface area contributed by atoms with Gasteiger partial charge >= 0.3 is 0 Å². The molecule has 5 aliphatic rings. The molecule has 3 atom stereocenters. The number of fused-ring (bicyclic) bond motifs is 3. The molecule has 7 rings (SSSR count). The fourth-order valence-corrected chi connectivity index (χ4v) is 7.90. The molecule has 4 aliphatic heterocycles. The van der Waals surface area contributed by atoms with Gasteiger partial charge in [-0.1, -0.05) is 49.7 Å². The zero-order valence-corrected chi connectivity index (χ0v) is 25.5. The number of nitrogens with zero attached hydrogens (tertiary/aromatic N) is 3. The van der Waals surface area contributed by atoms with Gasteiger partial charge in [0.25, 0.3) is 5.91 Å². The molecular weight excluding hydrogens is 564 g/mol. The number of piperazine rings is 1. The highest BCUT2D eigenvalue weighted by atomic mass is 35.5. The third-order valence-electron chi connectivity index (χ3n) is 10.1. The van der Waals surface area contributed by atoms with Crippen molar-refractivity contribution in [3.05, 3.63) is 75.3 Å². The fourth-order valence-electron chi connectivity index (χ4n) is 7.78. The Balaban J connectivity index is 1.03. The Kier molecular flexibility index (Phi) is 6.97. The predicted molar refractivity (Wildman–Crippen MR) is 163 cm³/mol. The molecule has 1 unspecified atom stereocenters. The second-order valence-electron chi connectivity index (χ2n) is 13.6. The molecule has 224 valence electrons. The van der Waals surface area contributed by atoms with E-state index in [0.29, 0.717) is 29.6 Å². The van der Waals surface area contributed by atoms with E-state index in [4.69, 9.17) is 11.6 Å². The van der Waals surface area contributed by atoms with Crippen molar-refractivity contribution in [2.45, 2.75) is 83.6 Å². The summed E-state index contributed by atoms with van der Waals surface area (Å²) in [6.07, 6.45) is 4.26. The molecule has 9 heteroatoms. The number of imide groups is 1. The van der Waals surface area contributed by atoms with E-state index < -0.39 is 11.9 Å². The van der Waals surface area contributed by atoms with Gasteiger partial charge in [0, 0.05) is 60.8 Å². The maximum absolute atomic E-state index is 14.0. The van der Waals surface area contributed by atoms with E-state index in [1.54, 1.807) is 4.90 Å². The smallest absolute Gasteiger partial charge is 0.255 e. The van der Waals surface area contributed by atoms with Crippen LogP contribution in [0.15, 0.2) is 48.0 Å². The Morgan fingerprint density at radius 2 is 1.81 bits per heavy atom. The molecule has 0 aromatic heterocycles. The Labute approximate surface area is 257 Å². The minimum Gasteiger partial charge on any atom is -0.333 e. The van der Waals surface area contributed by atoms with E-state index in [-0.39, 0.29) is 35.6 Å². The van der Waals surface area contributed by atoms with E-state index in [0.717, 1.165) is 73.2 Å². The third kappa shape index (κ3) is 5.18. The number of allylic oxidation sites excluding steroid dienone is 1. The van der Waals surface area contributed by atoms with Crippen molar-refractivity contribution < 1.29 is 19.2 Å². The summed E-state index contributed by atoms with van der Waals surface area (Å²) in [5.41, 5.74) is 6.06. The highest BCUT2D eigenvalue weighted by Crippen LogP contribution is 2.45. The lowest BCUT2D eigenvalue weighted by molar-refractivity contribution is -0.137. The lowest BCUT2D eigenvalue weighted by atomic mass is 9.72. The van der Waals surface area contributed by atoms with Gasteiger partial charge in [-0.3, -0.25) is 29.4 Å². The number of rotatable bonds is 5. The summed E-state index contributed by atoms with van der Waals surface area (Å²) in [6.45, 7) is 7.27. The first-order valence-electron chi connectivity index (χ1n) is 15.4. The van der Waals surface area contributed by atoms with E-state index in [9.17, 15) is 19.2 Å². The average molecular weight is 601 g/mol. The molecule has 2 bridgehead atoms. The van der Waals surface area contributed by atoms with Gasteiger partial charge < -0.3 is 9.80 Å².